The molecule has 0 aliphatic rings. The minimum atomic E-state index is -0.343. The number of aromatic amines is 1. The van der Waals surface area contributed by atoms with Crippen LogP contribution < -0.4 is 5.56 Å². The summed E-state index contributed by atoms with van der Waals surface area (Å²) in [5.74, 6) is 0.130. The fraction of sp³-hybridized carbons (Fsp3) is 0.0667. The number of aromatic nitrogens is 2. The number of rotatable bonds is 2. The fourth-order valence-corrected chi connectivity index (χ4v) is 2.70. The third-order valence-corrected chi connectivity index (χ3v) is 3.68. The number of nitrogens with one attached hydrogen (secondary N) is 1. The van der Waals surface area contributed by atoms with E-state index in [9.17, 15) is 9.90 Å². The minimum Gasteiger partial charge on any atom is -0.493 e. The zero-order valence-electron chi connectivity index (χ0n) is 10.8. The second-order valence-electron chi connectivity index (χ2n) is 4.49. The molecule has 0 saturated heterocycles. The van der Waals surface area contributed by atoms with Gasteiger partial charge >= 0.3 is 0 Å². The lowest BCUT2D eigenvalue weighted by Gasteiger charge is -2.06. The number of thiophene rings is 1. The van der Waals surface area contributed by atoms with Crippen LogP contribution in [0.4, 0.5) is 0 Å². The summed E-state index contributed by atoms with van der Waals surface area (Å²) < 4.78 is 0. The van der Waals surface area contributed by atoms with Gasteiger partial charge in [0.15, 0.2) is 0 Å². The number of hydrogen-bond donors (Lipinski definition) is 2. The number of hydrogen-bond acceptors (Lipinski definition) is 4. The van der Waals surface area contributed by atoms with E-state index in [4.69, 9.17) is 0 Å². The van der Waals surface area contributed by atoms with E-state index in [1.54, 1.807) is 6.07 Å². The summed E-state index contributed by atoms with van der Waals surface area (Å²) in [6.07, 6.45) is 0. The molecule has 2 N–H and O–H groups in total. The van der Waals surface area contributed by atoms with Gasteiger partial charge in [-0.15, -0.1) is 0 Å². The van der Waals surface area contributed by atoms with Crippen molar-refractivity contribution in [3.8, 4) is 28.4 Å². The molecule has 100 valence electrons. The average molecular weight is 284 g/mol. The topological polar surface area (TPSA) is 66.0 Å². The largest absolute Gasteiger partial charge is 0.493 e. The summed E-state index contributed by atoms with van der Waals surface area (Å²) in [5.41, 5.74) is 2.33. The maximum atomic E-state index is 12.2. The van der Waals surface area contributed by atoms with Crippen molar-refractivity contribution in [2.75, 3.05) is 0 Å². The molecule has 0 spiro atoms. The molecule has 3 rings (SSSR count). The summed E-state index contributed by atoms with van der Waals surface area (Å²) in [6.45, 7) is 1.93. The standard InChI is InChI=1S/C15H12N2O2S/c1-9-3-2-4-10(7-9)12-14(18)16-13(17-15(12)19)11-5-6-20-8-11/h2-8H,1H3,(H2,16,17,18,19). The van der Waals surface area contributed by atoms with Gasteiger partial charge < -0.3 is 10.1 Å². The van der Waals surface area contributed by atoms with E-state index in [1.165, 1.54) is 11.3 Å². The van der Waals surface area contributed by atoms with Crippen LogP contribution in [0.2, 0.25) is 0 Å². The average Bonchev–Trinajstić information content (AvgIpc) is 2.91. The molecule has 0 fully saturated rings. The Morgan fingerprint density at radius 1 is 1.25 bits per heavy atom. The second kappa shape index (κ2) is 4.94. The second-order valence-corrected chi connectivity index (χ2v) is 5.27. The molecule has 0 atom stereocenters. The molecule has 20 heavy (non-hydrogen) atoms. The molecule has 3 aromatic rings. The molecule has 2 heterocycles. The molecule has 0 unspecified atom stereocenters. The van der Waals surface area contributed by atoms with Crippen LogP contribution in [0.15, 0.2) is 45.9 Å². The Kier molecular flexibility index (Phi) is 3.12. The van der Waals surface area contributed by atoms with Crippen molar-refractivity contribution in [3.63, 3.8) is 0 Å². The lowest BCUT2D eigenvalue weighted by molar-refractivity contribution is 0.454. The van der Waals surface area contributed by atoms with Crippen molar-refractivity contribution < 1.29 is 5.11 Å². The highest BCUT2D eigenvalue weighted by atomic mass is 32.1. The van der Waals surface area contributed by atoms with Crippen LogP contribution in [0, 0.1) is 6.92 Å². The molecular weight excluding hydrogens is 272 g/mol. The Balaban J connectivity index is 2.17. The predicted molar refractivity (Wildman–Crippen MR) is 80.0 cm³/mol. The quantitative estimate of drug-likeness (QED) is 0.759. The minimum absolute atomic E-state index is 0.202. The molecule has 0 saturated carbocycles. The van der Waals surface area contributed by atoms with Gasteiger partial charge in [0.05, 0.1) is 0 Å². The van der Waals surface area contributed by atoms with Crippen LogP contribution >= 0.6 is 11.3 Å². The van der Waals surface area contributed by atoms with Crippen LogP contribution in [0.25, 0.3) is 22.5 Å². The number of aryl methyl sites for hydroxylation is 1. The van der Waals surface area contributed by atoms with Crippen LogP contribution in [0.3, 0.4) is 0 Å². The first kappa shape index (κ1) is 12.6. The normalized spacial score (nSPS) is 10.7. The number of nitrogens with zero attached hydrogens (tertiary/aromatic N) is 1. The monoisotopic (exact) mass is 284 g/mol. The SMILES string of the molecule is Cc1cccc(-c2c(O)nc(-c3ccsc3)[nH]c2=O)c1. The summed E-state index contributed by atoms with van der Waals surface area (Å²) in [7, 11) is 0. The van der Waals surface area contributed by atoms with Crippen molar-refractivity contribution in [2.45, 2.75) is 6.92 Å². The summed E-state index contributed by atoms with van der Waals surface area (Å²) >= 11 is 1.51. The van der Waals surface area contributed by atoms with Crippen molar-refractivity contribution in [3.05, 3.63) is 57.0 Å². The van der Waals surface area contributed by atoms with Crippen LogP contribution in [-0.4, -0.2) is 15.1 Å². The van der Waals surface area contributed by atoms with Gasteiger partial charge in [0.25, 0.3) is 5.56 Å². The first-order valence-electron chi connectivity index (χ1n) is 6.08. The van der Waals surface area contributed by atoms with Crippen molar-refractivity contribution in [1.29, 1.82) is 0 Å². The van der Waals surface area contributed by atoms with Crippen LogP contribution in [0.5, 0.6) is 5.88 Å². The molecule has 1 aromatic carbocycles. The van der Waals surface area contributed by atoms with E-state index >= 15 is 0 Å². The first-order valence-corrected chi connectivity index (χ1v) is 7.02. The molecule has 2 aromatic heterocycles. The first-order chi connectivity index (χ1) is 9.65. The zero-order chi connectivity index (χ0) is 14.1. The van der Waals surface area contributed by atoms with Crippen molar-refractivity contribution in [1.82, 2.24) is 9.97 Å². The smallest absolute Gasteiger partial charge is 0.262 e. The zero-order valence-corrected chi connectivity index (χ0v) is 11.6. The Hall–Kier alpha value is -2.40. The molecule has 0 radical (unpaired) electrons. The van der Waals surface area contributed by atoms with Gasteiger partial charge in [0, 0.05) is 10.9 Å². The number of benzene rings is 1. The van der Waals surface area contributed by atoms with Gasteiger partial charge in [-0.2, -0.15) is 16.3 Å². The van der Waals surface area contributed by atoms with Crippen molar-refractivity contribution >= 4 is 11.3 Å². The highest BCUT2D eigenvalue weighted by Gasteiger charge is 2.14. The van der Waals surface area contributed by atoms with Gasteiger partial charge in [-0.05, 0) is 23.9 Å². The van der Waals surface area contributed by atoms with Crippen molar-refractivity contribution in [2.24, 2.45) is 0 Å². The summed E-state index contributed by atoms with van der Waals surface area (Å²) in [4.78, 5) is 19.0. The van der Waals surface area contributed by atoms with Crippen LogP contribution in [-0.2, 0) is 0 Å². The van der Waals surface area contributed by atoms with Gasteiger partial charge in [-0.25, -0.2) is 0 Å². The molecular formula is C15H12N2O2S. The maximum Gasteiger partial charge on any atom is 0.262 e. The highest BCUT2D eigenvalue weighted by molar-refractivity contribution is 7.08. The van der Waals surface area contributed by atoms with Crippen LogP contribution in [0.1, 0.15) is 5.56 Å². The maximum absolute atomic E-state index is 12.2. The highest BCUT2D eigenvalue weighted by Crippen LogP contribution is 2.26. The fourth-order valence-electron chi connectivity index (χ4n) is 2.06. The van der Waals surface area contributed by atoms with E-state index in [-0.39, 0.29) is 17.0 Å². The Morgan fingerprint density at radius 3 is 2.75 bits per heavy atom. The van der Waals surface area contributed by atoms with Gasteiger partial charge in [0.1, 0.15) is 11.4 Å². The Labute approximate surface area is 119 Å². The predicted octanol–water partition coefficient (Wildman–Crippen LogP) is 3.18. The van der Waals surface area contributed by atoms with E-state index in [1.807, 2.05) is 41.9 Å². The number of aromatic hydroxyl groups is 1. The molecule has 0 aliphatic carbocycles. The number of H-pyrrole nitrogens is 1. The summed E-state index contributed by atoms with van der Waals surface area (Å²) in [6, 6.07) is 9.24. The molecule has 4 nitrogen and oxygen atoms in total. The Bertz CT molecular complexity index is 807. The third-order valence-electron chi connectivity index (χ3n) is 3.00. The molecule has 0 amide bonds. The molecule has 0 bridgehead atoms. The third kappa shape index (κ3) is 2.23. The van der Waals surface area contributed by atoms with E-state index in [0.717, 1.165) is 11.1 Å². The molecule has 5 heteroatoms. The molecule has 0 aliphatic heterocycles. The van der Waals surface area contributed by atoms with Gasteiger partial charge in [-0.3, -0.25) is 4.79 Å². The Morgan fingerprint density at radius 2 is 2.10 bits per heavy atom. The lowest BCUT2D eigenvalue weighted by Crippen LogP contribution is -2.12. The van der Waals surface area contributed by atoms with Gasteiger partial charge in [0.2, 0.25) is 5.88 Å². The lowest BCUT2D eigenvalue weighted by atomic mass is 10.1. The summed E-state index contributed by atoms with van der Waals surface area (Å²) in [5, 5.41) is 13.8. The van der Waals surface area contributed by atoms with Gasteiger partial charge in [-0.1, -0.05) is 29.8 Å². The van der Waals surface area contributed by atoms with E-state index in [0.29, 0.717) is 11.4 Å². The van der Waals surface area contributed by atoms with E-state index < -0.39 is 0 Å². The van der Waals surface area contributed by atoms with E-state index in [2.05, 4.69) is 9.97 Å².